The SMILES string of the molecule is Nc1cc(-c2ccco2)nc(-c2c[nH]c3ncc(F)cc23)n1. The van der Waals surface area contributed by atoms with Gasteiger partial charge in [0.2, 0.25) is 0 Å². The van der Waals surface area contributed by atoms with Crippen LogP contribution in [0.1, 0.15) is 0 Å². The largest absolute Gasteiger partial charge is 0.463 e. The average molecular weight is 295 g/mol. The van der Waals surface area contributed by atoms with Crippen LogP contribution in [0.4, 0.5) is 10.2 Å². The minimum absolute atomic E-state index is 0.301. The van der Waals surface area contributed by atoms with Crippen LogP contribution in [0.15, 0.2) is 47.3 Å². The highest BCUT2D eigenvalue weighted by Crippen LogP contribution is 2.28. The fraction of sp³-hybridized carbons (Fsp3) is 0. The Morgan fingerprint density at radius 2 is 2.14 bits per heavy atom. The molecule has 0 aliphatic rings. The minimum atomic E-state index is -0.427. The quantitative estimate of drug-likeness (QED) is 0.593. The molecular formula is C15H10FN5O. The van der Waals surface area contributed by atoms with Crippen molar-refractivity contribution in [3.8, 4) is 22.8 Å². The van der Waals surface area contributed by atoms with Crippen molar-refractivity contribution < 1.29 is 8.81 Å². The number of nitrogens with two attached hydrogens (primary N) is 1. The third kappa shape index (κ3) is 1.99. The van der Waals surface area contributed by atoms with Crippen LogP contribution < -0.4 is 5.73 Å². The van der Waals surface area contributed by atoms with Crippen LogP contribution in [0.5, 0.6) is 0 Å². The topological polar surface area (TPSA) is 93.6 Å². The molecule has 4 aromatic heterocycles. The molecule has 108 valence electrons. The van der Waals surface area contributed by atoms with E-state index in [0.29, 0.717) is 39.7 Å². The number of H-pyrrole nitrogens is 1. The van der Waals surface area contributed by atoms with Gasteiger partial charge < -0.3 is 15.1 Å². The Bertz CT molecular complexity index is 961. The van der Waals surface area contributed by atoms with E-state index in [2.05, 4.69) is 19.9 Å². The van der Waals surface area contributed by atoms with E-state index in [0.717, 1.165) is 6.20 Å². The van der Waals surface area contributed by atoms with Crippen molar-refractivity contribution in [3.05, 3.63) is 48.7 Å². The van der Waals surface area contributed by atoms with E-state index in [9.17, 15) is 4.39 Å². The number of anilines is 1. The standard InChI is InChI=1S/C15H10FN5O/c16-8-4-9-10(7-19-14(9)18-6-8)15-20-11(5-13(17)21-15)12-2-1-3-22-12/h1-7H,(H,18,19)(H2,17,20,21). The lowest BCUT2D eigenvalue weighted by Crippen LogP contribution is -1.97. The van der Waals surface area contributed by atoms with Crippen molar-refractivity contribution in [1.29, 1.82) is 0 Å². The molecule has 22 heavy (non-hydrogen) atoms. The maximum absolute atomic E-state index is 13.4. The molecule has 3 N–H and O–H groups in total. The summed E-state index contributed by atoms with van der Waals surface area (Å²) in [5.41, 5.74) is 7.60. The molecular weight excluding hydrogens is 285 g/mol. The van der Waals surface area contributed by atoms with Gasteiger partial charge in [-0.05, 0) is 18.2 Å². The number of aromatic nitrogens is 4. The zero-order chi connectivity index (χ0) is 15.1. The number of hydrogen-bond donors (Lipinski definition) is 2. The molecule has 0 radical (unpaired) electrons. The number of nitrogens with one attached hydrogen (secondary N) is 1. The second-order valence-electron chi connectivity index (χ2n) is 4.73. The van der Waals surface area contributed by atoms with E-state index in [1.54, 1.807) is 30.7 Å². The van der Waals surface area contributed by atoms with Crippen LogP contribution in [0.2, 0.25) is 0 Å². The van der Waals surface area contributed by atoms with Crippen molar-refractivity contribution in [1.82, 2.24) is 19.9 Å². The van der Waals surface area contributed by atoms with E-state index in [1.807, 2.05) is 0 Å². The van der Waals surface area contributed by atoms with Gasteiger partial charge in [-0.1, -0.05) is 0 Å². The van der Waals surface area contributed by atoms with E-state index >= 15 is 0 Å². The molecule has 0 saturated heterocycles. The van der Waals surface area contributed by atoms with Gasteiger partial charge in [-0.25, -0.2) is 19.3 Å². The summed E-state index contributed by atoms with van der Waals surface area (Å²) < 4.78 is 18.8. The Morgan fingerprint density at radius 1 is 1.23 bits per heavy atom. The molecule has 0 aliphatic heterocycles. The monoisotopic (exact) mass is 295 g/mol. The zero-order valence-electron chi connectivity index (χ0n) is 11.2. The molecule has 0 bridgehead atoms. The number of fused-ring (bicyclic) bond motifs is 1. The molecule has 0 spiro atoms. The highest BCUT2D eigenvalue weighted by molar-refractivity contribution is 5.91. The Balaban J connectivity index is 1.93. The van der Waals surface area contributed by atoms with Crippen molar-refractivity contribution >= 4 is 16.9 Å². The van der Waals surface area contributed by atoms with E-state index in [-0.39, 0.29) is 0 Å². The number of furan rings is 1. The normalized spacial score (nSPS) is 11.1. The third-order valence-electron chi connectivity index (χ3n) is 3.26. The lowest BCUT2D eigenvalue weighted by molar-refractivity contribution is 0.580. The fourth-order valence-electron chi connectivity index (χ4n) is 2.30. The molecule has 0 unspecified atom stereocenters. The highest BCUT2D eigenvalue weighted by atomic mass is 19.1. The van der Waals surface area contributed by atoms with Crippen LogP contribution in [-0.2, 0) is 0 Å². The van der Waals surface area contributed by atoms with Crippen molar-refractivity contribution in [2.75, 3.05) is 5.73 Å². The third-order valence-corrected chi connectivity index (χ3v) is 3.26. The number of pyridine rings is 1. The van der Waals surface area contributed by atoms with Gasteiger partial charge in [0.25, 0.3) is 0 Å². The molecule has 4 rings (SSSR count). The van der Waals surface area contributed by atoms with Crippen LogP contribution >= 0.6 is 0 Å². The fourth-order valence-corrected chi connectivity index (χ4v) is 2.30. The van der Waals surface area contributed by atoms with Gasteiger partial charge >= 0.3 is 0 Å². The number of halogens is 1. The van der Waals surface area contributed by atoms with Gasteiger partial charge in [0.05, 0.1) is 12.5 Å². The van der Waals surface area contributed by atoms with Crippen LogP contribution in [0, 0.1) is 5.82 Å². The van der Waals surface area contributed by atoms with Crippen molar-refractivity contribution in [3.63, 3.8) is 0 Å². The molecule has 0 fully saturated rings. The maximum atomic E-state index is 13.4. The first-order valence-corrected chi connectivity index (χ1v) is 6.52. The first-order valence-electron chi connectivity index (χ1n) is 6.52. The van der Waals surface area contributed by atoms with Crippen LogP contribution in [0.3, 0.4) is 0 Å². The summed E-state index contributed by atoms with van der Waals surface area (Å²) in [5.74, 6) is 0.836. The van der Waals surface area contributed by atoms with E-state index in [4.69, 9.17) is 10.2 Å². The maximum Gasteiger partial charge on any atom is 0.164 e. The summed E-state index contributed by atoms with van der Waals surface area (Å²) in [4.78, 5) is 15.6. The Hall–Kier alpha value is -3.22. The number of rotatable bonds is 2. The summed E-state index contributed by atoms with van der Waals surface area (Å²) in [5, 5.41) is 0.594. The lowest BCUT2D eigenvalue weighted by atomic mass is 10.2. The summed E-state index contributed by atoms with van der Waals surface area (Å²) >= 11 is 0. The first-order chi connectivity index (χ1) is 10.7. The van der Waals surface area contributed by atoms with E-state index < -0.39 is 5.82 Å². The first kappa shape index (κ1) is 12.5. The van der Waals surface area contributed by atoms with Gasteiger partial charge in [0.15, 0.2) is 11.6 Å². The predicted octanol–water partition coefficient (Wildman–Crippen LogP) is 3.00. The average Bonchev–Trinajstić information content (AvgIpc) is 3.16. The smallest absolute Gasteiger partial charge is 0.164 e. The molecule has 4 aromatic rings. The van der Waals surface area contributed by atoms with Crippen LogP contribution in [0.25, 0.3) is 33.9 Å². The Labute approximate surface area is 123 Å². The molecule has 4 heterocycles. The zero-order valence-corrected chi connectivity index (χ0v) is 11.2. The molecule has 0 amide bonds. The lowest BCUT2D eigenvalue weighted by Gasteiger charge is -2.03. The number of nitrogen functional groups attached to an aromatic ring is 1. The summed E-state index contributed by atoms with van der Waals surface area (Å²) in [6, 6.07) is 6.55. The van der Waals surface area contributed by atoms with Gasteiger partial charge in [-0.2, -0.15) is 0 Å². The van der Waals surface area contributed by atoms with Crippen molar-refractivity contribution in [2.24, 2.45) is 0 Å². The van der Waals surface area contributed by atoms with Gasteiger partial charge in [0.1, 0.15) is 23.0 Å². The minimum Gasteiger partial charge on any atom is -0.463 e. The number of hydrogen-bond acceptors (Lipinski definition) is 5. The molecule has 0 aliphatic carbocycles. The highest BCUT2D eigenvalue weighted by Gasteiger charge is 2.14. The number of aromatic amines is 1. The molecule has 0 atom stereocenters. The summed E-state index contributed by atoms with van der Waals surface area (Å²) in [7, 11) is 0. The Kier molecular flexibility index (Phi) is 2.65. The predicted molar refractivity (Wildman–Crippen MR) is 79.2 cm³/mol. The van der Waals surface area contributed by atoms with Crippen molar-refractivity contribution in [2.45, 2.75) is 0 Å². The van der Waals surface area contributed by atoms with Gasteiger partial charge in [0, 0.05) is 23.2 Å². The molecule has 7 heteroatoms. The van der Waals surface area contributed by atoms with E-state index in [1.165, 1.54) is 6.07 Å². The van der Waals surface area contributed by atoms with Gasteiger partial charge in [-0.15, -0.1) is 0 Å². The molecule has 0 aromatic carbocycles. The molecule has 6 nitrogen and oxygen atoms in total. The molecule has 0 saturated carbocycles. The second kappa shape index (κ2) is 4.66. The summed E-state index contributed by atoms with van der Waals surface area (Å²) in [6.07, 6.45) is 4.38. The van der Waals surface area contributed by atoms with Gasteiger partial charge in [-0.3, -0.25) is 0 Å². The Morgan fingerprint density at radius 3 is 2.95 bits per heavy atom. The summed E-state index contributed by atoms with van der Waals surface area (Å²) in [6.45, 7) is 0. The number of nitrogens with zero attached hydrogens (tertiary/aromatic N) is 3. The second-order valence-corrected chi connectivity index (χ2v) is 4.73. The van der Waals surface area contributed by atoms with Crippen LogP contribution in [-0.4, -0.2) is 19.9 Å².